The second-order valence-electron chi connectivity index (χ2n) is 3.65. The zero-order chi connectivity index (χ0) is 12.7. The molecule has 0 aliphatic carbocycles. The van der Waals surface area contributed by atoms with E-state index in [1.807, 2.05) is 27.9 Å². The molecule has 0 aliphatic heterocycles. The Balaban J connectivity index is 2.84. The summed E-state index contributed by atoms with van der Waals surface area (Å²) in [6.07, 6.45) is 0.915. The van der Waals surface area contributed by atoms with Crippen molar-refractivity contribution in [3.05, 3.63) is 0 Å². The van der Waals surface area contributed by atoms with Crippen molar-refractivity contribution in [1.82, 2.24) is 20.0 Å². The molecule has 17 heavy (non-hydrogen) atoms. The van der Waals surface area contributed by atoms with Gasteiger partial charge in [-0.15, -0.1) is 0 Å². The molecular weight excluding hydrogens is 220 g/mol. The predicted molar refractivity (Wildman–Crippen MR) is 67.1 cm³/mol. The van der Waals surface area contributed by atoms with Gasteiger partial charge in [-0.05, 0) is 13.3 Å². The van der Waals surface area contributed by atoms with Gasteiger partial charge in [0.05, 0.1) is 6.61 Å². The van der Waals surface area contributed by atoms with E-state index in [0.29, 0.717) is 24.5 Å². The SMILES string of the molecule is CCCOc1nc(NCC)nc(NN(C)C)n1. The van der Waals surface area contributed by atoms with Gasteiger partial charge >= 0.3 is 6.01 Å². The van der Waals surface area contributed by atoms with Gasteiger partial charge < -0.3 is 10.1 Å². The lowest BCUT2D eigenvalue weighted by molar-refractivity contribution is 0.291. The lowest BCUT2D eigenvalue weighted by atomic mass is 10.5. The summed E-state index contributed by atoms with van der Waals surface area (Å²) in [5.74, 6) is 0.977. The zero-order valence-corrected chi connectivity index (χ0v) is 10.8. The van der Waals surface area contributed by atoms with Crippen molar-refractivity contribution in [2.45, 2.75) is 20.3 Å². The van der Waals surface area contributed by atoms with Crippen molar-refractivity contribution in [2.24, 2.45) is 0 Å². The molecule has 0 unspecified atom stereocenters. The molecule has 0 fully saturated rings. The van der Waals surface area contributed by atoms with Gasteiger partial charge in [0.2, 0.25) is 11.9 Å². The molecule has 1 rings (SSSR count). The van der Waals surface area contributed by atoms with Crippen LogP contribution in [0.15, 0.2) is 0 Å². The standard InChI is InChI=1S/C10H20N6O/c1-5-7-17-10-13-8(11-6-2)12-9(14-10)15-16(3)4/h5-7H2,1-4H3,(H2,11,12,13,14,15). The molecule has 7 nitrogen and oxygen atoms in total. The van der Waals surface area contributed by atoms with Crippen LogP contribution in [-0.2, 0) is 0 Å². The maximum absolute atomic E-state index is 5.40. The number of anilines is 2. The Bertz CT molecular complexity index is 344. The van der Waals surface area contributed by atoms with Crippen LogP contribution >= 0.6 is 0 Å². The Labute approximate surface area is 102 Å². The first-order valence-corrected chi connectivity index (χ1v) is 5.72. The first kappa shape index (κ1) is 13.4. The van der Waals surface area contributed by atoms with Crippen LogP contribution in [0.5, 0.6) is 6.01 Å². The van der Waals surface area contributed by atoms with Gasteiger partial charge in [-0.2, -0.15) is 15.0 Å². The highest BCUT2D eigenvalue weighted by molar-refractivity contribution is 5.34. The summed E-state index contributed by atoms with van der Waals surface area (Å²) in [7, 11) is 3.73. The van der Waals surface area contributed by atoms with E-state index >= 15 is 0 Å². The number of nitrogens with zero attached hydrogens (tertiary/aromatic N) is 4. The molecule has 0 aliphatic rings. The second-order valence-corrected chi connectivity index (χ2v) is 3.65. The minimum atomic E-state index is 0.335. The van der Waals surface area contributed by atoms with E-state index in [2.05, 4.69) is 25.7 Å². The largest absolute Gasteiger partial charge is 0.463 e. The molecule has 2 N–H and O–H groups in total. The zero-order valence-electron chi connectivity index (χ0n) is 10.8. The molecule has 0 saturated carbocycles. The number of ether oxygens (including phenoxy) is 1. The number of nitrogens with one attached hydrogen (secondary N) is 2. The first-order chi connectivity index (χ1) is 8.15. The molecule has 0 amide bonds. The molecule has 7 heteroatoms. The Morgan fingerprint density at radius 2 is 1.82 bits per heavy atom. The van der Waals surface area contributed by atoms with E-state index < -0.39 is 0 Å². The quantitative estimate of drug-likeness (QED) is 0.688. The van der Waals surface area contributed by atoms with Crippen LogP contribution in [0.25, 0.3) is 0 Å². The molecule has 0 bridgehead atoms. The lowest BCUT2D eigenvalue weighted by Gasteiger charge is -2.13. The van der Waals surface area contributed by atoms with Crippen LogP contribution in [0.2, 0.25) is 0 Å². The molecule has 0 aromatic carbocycles. The lowest BCUT2D eigenvalue weighted by Crippen LogP contribution is -2.22. The van der Waals surface area contributed by atoms with Crippen LogP contribution < -0.4 is 15.5 Å². The first-order valence-electron chi connectivity index (χ1n) is 5.72. The fraction of sp³-hybridized carbons (Fsp3) is 0.700. The number of aromatic nitrogens is 3. The predicted octanol–water partition coefficient (Wildman–Crippen LogP) is 0.981. The van der Waals surface area contributed by atoms with Gasteiger partial charge in [-0.3, -0.25) is 5.43 Å². The average molecular weight is 240 g/mol. The topological polar surface area (TPSA) is 75.2 Å². The fourth-order valence-corrected chi connectivity index (χ4v) is 1.10. The van der Waals surface area contributed by atoms with E-state index in [0.717, 1.165) is 13.0 Å². The van der Waals surface area contributed by atoms with E-state index in [4.69, 9.17) is 4.74 Å². The van der Waals surface area contributed by atoms with Crippen LogP contribution in [-0.4, -0.2) is 47.2 Å². The van der Waals surface area contributed by atoms with Gasteiger partial charge in [0, 0.05) is 20.6 Å². The molecule has 0 saturated heterocycles. The number of rotatable bonds is 7. The van der Waals surface area contributed by atoms with Gasteiger partial charge in [-0.1, -0.05) is 6.92 Å². The third kappa shape index (κ3) is 4.81. The molecule has 0 spiro atoms. The van der Waals surface area contributed by atoms with Gasteiger partial charge in [0.1, 0.15) is 0 Å². The maximum atomic E-state index is 5.40. The van der Waals surface area contributed by atoms with Crippen molar-refractivity contribution >= 4 is 11.9 Å². The van der Waals surface area contributed by atoms with Gasteiger partial charge in [0.25, 0.3) is 0 Å². The minimum Gasteiger partial charge on any atom is -0.463 e. The Hall–Kier alpha value is -1.63. The Kier molecular flexibility index (Phi) is 5.41. The summed E-state index contributed by atoms with van der Waals surface area (Å²) in [6, 6.07) is 0.335. The minimum absolute atomic E-state index is 0.335. The van der Waals surface area contributed by atoms with Crippen molar-refractivity contribution in [1.29, 1.82) is 0 Å². The third-order valence-corrected chi connectivity index (χ3v) is 1.71. The van der Waals surface area contributed by atoms with Crippen molar-refractivity contribution in [3.8, 4) is 6.01 Å². The third-order valence-electron chi connectivity index (χ3n) is 1.71. The smallest absolute Gasteiger partial charge is 0.323 e. The van der Waals surface area contributed by atoms with Gasteiger partial charge in [-0.25, -0.2) is 5.01 Å². The summed E-state index contributed by atoms with van der Waals surface area (Å²) in [5, 5.41) is 4.80. The number of hydrogen-bond acceptors (Lipinski definition) is 7. The summed E-state index contributed by atoms with van der Waals surface area (Å²) < 4.78 is 5.40. The number of hydrazine groups is 1. The second kappa shape index (κ2) is 6.85. The number of hydrogen-bond donors (Lipinski definition) is 2. The summed E-state index contributed by atoms with van der Waals surface area (Å²) >= 11 is 0. The molecular formula is C10H20N6O. The van der Waals surface area contributed by atoms with Crippen molar-refractivity contribution < 1.29 is 4.74 Å². The molecule has 96 valence electrons. The van der Waals surface area contributed by atoms with E-state index in [1.54, 1.807) is 5.01 Å². The van der Waals surface area contributed by atoms with Crippen LogP contribution in [0, 0.1) is 0 Å². The summed E-state index contributed by atoms with van der Waals surface area (Å²) in [4.78, 5) is 12.5. The van der Waals surface area contributed by atoms with Crippen LogP contribution in [0.4, 0.5) is 11.9 Å². The van der Waals surface area contributed by atoms with Crippen molar-refractivity contribution in [3.63, 3.8) is 0 Å². The molecule has 0 radical (unpaired) electrons. The average Bonchev–Trinajstić information content (AvgIpc) is 2.25. The summed E-state index contributed by atoms with van der Waals surface area (Å²) in [5.41, 5.74) is 2.97. The Morgan fingerprint density at radius 3 is 2.41 bits per heavy atom. The summed E-state index contributed by atoms with van der Waals surface area (Å²) in [6.45, 7) is 5.36. The van der Waals surface area contributed by atoms with E-state index in [1.165, 1.54) is 0 Å². The Morgan fingerprint density at radius 1 is 1.12 bits per heavy atom. The molecule has 0 atom stereocenters. The van der Waals surface area contributed by atoms with Gasteiger partial charge in [0.15, 0.2) is 0 Å². The monoisotopic (exact) mass is 240 g/mol. The normalized spacial score (nSPS) is 10.4. The highest BCUT2D eigenvalue weighted by Gasteiger charge is 2.07. The highest BCUT2D eigenvalue weighted by Crippen LogP contribution is 2.11. The van der Waals surface area contributed by atoms with Crippen molar-refractivity contribution in [2.75, 3.05) is 38.0 Å². The van der Waals surface area contributed by atoms with Crippen LogP contribution in [0.3, 0.4) is 0 Å². The molecule has 1 aromatic rings. The van der Waals surface area contributed by atoms with E-state index in [-0.39, 0.29) is 0 Å². The highest BCUT2D eigenvalue weighted by atomic mass is 16.5. The molecule has 1 heterocycles. The fourth-order valence-electron chi connectivity index (χ4n) is 1.10. The van der Waals surface area contributed by atoms with Crippen LogP contribution in [0.1, 0.15) is 20.3 Å². The maximum Gasteiger partial charge on any atom is 0.323 e. The van der Waals surface area contributed by atoms with E-state index in [9.17, 15) is 0 Å². The molecule has 1 aromatic heterocycles.